The summed E-state index contributed by atoms with van der Waals surface area (Å²) in [6.45, 7) is 3.78. The second-order valence-corrected chi connectivity index (χ2v) is 7.66. The topological polar surface area (TPSA) is 9.23 Å². The highest BCUT2D eigenvalue weighted by Gasteiger charge is 2.49. The van der Waals surface area contributed by atoms with Crippen molar-refractivity contribution in [3.63, 3.8) is 0 Å². The van der Waals surface area contributed by atoms with Gasteiger partial charge < -0.3 is 4.74 Å². The molecule has 0 saturated heterocycles. The van der Waals surface area contributed by atoms with Gasteiger partial charge in [0.1, 0.15) is 0 Å². The molecule has 0 fully saturated rings. The van der Waals surface area contributed by atoms with E-state index in [0.717, 1.165) is 16.0 Å². The van der Waals surface area contributed by atoms with Gasteiger partial charge in [0, 0.05) is 15.7 Å². The Hall–Kier alpha value is -1.65. The number of alkyl halides is 2. The SMILES string of the molecule is Cc1ccc(SC2=CC[C@@H](C)C(F)(F)[C@@H]2OCc2ccccc2)cc1. The van der Waals surface area contributed by atoms with Crippen LogP contribution in [-0.4, -0.2) is 12.0 Å². The second kappa shape index (κ2) is 7.71. The summed E-state index contributed by atoms with van der Waals surface area (Å²) in [7, 11) is 0. The zero-order valence-corrected chi connectivity index (χ0v) is 15.2. The van der Waals surface area contributed by atoms with E-state index in [4.69, 9.17) is 4.74 Å². The van der Waals surface area contributed by atoms with Crippen LogP contribution in [0.3, 0.4) is 0 Å². The van der Waals surface area contributed by atoms with Crippen molar-refractivity contribution >= 4 is 11.8 Å². The van der Waals surface area contributed by atoms with Gasteiger partial charge in [-0.1, -0.05) is 72.8 Å². The molecule has 2 aromatic carbocycles. The fraction of sp³-hybridized carbons (Fsp3) is 0.333. The monoisotopic (exact) mass is 360 g/mol. The average molecular weight is 360 g/mol. The van der Waals surface area contributed by atoms with Crippen LogP contribution in [0.4, 0.5) is 8.78 Å². The summed E-state index contributed by atoms with van der Waals surface area (Å²) in [4.78, 5) is 1.55. The molecule has 25 heavy (non-hydrogen) atoms. The first-order valence-corrected chi connectivity index (χ1v) is 9.26. The molecule has 0 radical (unpaired) electrons. The van der Waals surface area contributed by atoms with Crippen LogP contribution in [0.2, 0.25) is 0 Å². The third kappa shape index (κ3) is 4.31. The fourth-order valence-electron chi connectivity index (χ4n) is 2.79. The highest BCUT2D eigenvalue weighted by Crippen LogP contribution is 2.45. The van der Waals surface area contributed by atoms with Crippen molar-refractivity contribution in [2.24, 2.45) is 5.92 Å². The Bertz CT molecular complexity index is 725. The van der Waals surface area contributed by atoms with Crippen molar-refractivity contribution in [2.45, 2.75) is 43.8 Å². The van der Waals surface area contributed by atoms with E-state index >= 15 is 0 Å². The van der Waals surface area contributed by atoms with Crippen molar-refractivity contribution in [3.05, 3.63) is 76.7 Å². The molecule has 0 spiro atoms. The van der Waals surface area contributed by atoms with Crippen molar-refractivity contribution < 1.29 is 13.5 Å². The molecule has 0 N–H and O–H groups in total. The van der Waals surface area contributed by atoms with Crippen LogP contribution in [0.5, 0.6) is 0 Å². The van der Waals surface area contributed by atoms with Gasteiger partial charge >= 0.3 is 0 Å². The number of hydrogen-bond acceptors (Lipinski definition) is 2. The Balaban J connectivity index is 1.79. The zero-order valence-electron chi connectivity index (χ0n) is 14.4. The van der Waals surface area contributed by atoms with Gasteiger partial charge in [-0.2, -0.15) is 0 Å². The van der Waals surface area contributed by atoms with Gasteiger partial charge in [-0.25, -0.2) is 8.78 Å². The fourth-order valence-corrected chi connectivity index (χ4v) is 3.85. The molecule has 0 unspecified atom stereocenters. The van der Waals surface area contributed by atoms with Gasteiger partial charge in [-0.05, 0) is 31.0 Å². The van der Waals surface area contributed by atoms with Crippen LogP contribution in [0, 0.1) is 12.8 Å². The molecule has 0 bridgehead atoms. The molecule has 1 aliphatic carbocycles. The molecule has 3 rings (SSSR count). The van der Waals surface area contributed by atoms with Crippen LogP contribution >= 0.6 is 11.8 Å². The predicted octanol–water partition coefficient (Wildman–Crippen LogP) is 6.23. The largest absolute Gasteiger partial charge is 0.362 e. The number of halogens is 2. The van der Waals surface area contributed by atoms with E-state index in [-0.39, 0.29) is 6.61 Å². The van der Waals surface area contributed by atoms with Crippen LogP contribution in [0.1, 0.15) is 24.5 Å². The summed E-state index contributed by atoms with van der Waals surface area (Å²) in [5.74, 6) is -3.60. The van der Waals surface area contributed by atoms with Crippen molar-refractivity contribution in [1.82, 2.24) is 0 Å². The zero-order chi connectivity index (χ0) is 17.9. The van der Waals surface area contributed by atoms with Gasteiger partial charge in [0.2, 0.25) is 0 Å². The molecular formula is C21H22F2OS. The molecule has 4 heteroatoms. The molecular weight excluding hydrogens is 338 g/mol. The molecule has 0 aromatic heterocycles. The van der Waals surface area contributed by atoms with Gasteiger partial charge in [0.05, 0.1) is 6.61 Å². The van der Waals surface area contributed by atoms with Crippen LogP contribution in [0.15, 0.2) is 70.5 Å². The van der Waals surface area contributed by atoms with Crippen LogP contribution < -0.4 is 0 Å². The van der Waals surface area contributed by atoms with E-state index in [9.17, 15) is 8.78 Å². The van der Waals surface area contributed by atoms with E-state index in [1.807, 2.05) is 67.6 Å². The summed E-state index contributed by atoms with van der Waals surface area (Å²) >= 11 is 1.38. The summed E-state index contributed by atoms with van der Waals surface area (Å²) < 4.78 is 35.3. The number of aryl methyl sites for hydroxylation is 1. The minimum Gasteiger partial charge on any atom is -0.362 e. The smallest absolute Gasteiger partial charge is 0.281 e. The summed E-state index contributed by atoms with van der Waals surface area (Å²) in [6, 6.07) is 17.4. The van der Waals surface area contributed by atoms with Crippen molar-refractivity contribution in [3.8, 4) is 0 Å². The lowest BCUT2D eigenvalue weighted by Crippen LogP contribution is -2.44. The van der Waals surface area contributed by atoms with E-state index in [1.165, 1.54) is 11.8 Å². The lowest BCUT2D eigenvalue weighted by molar-refractivity contribution is -0.157. The quantitative estimate of drug-likeness (QED) is 0.625. The molecule has 132 valence electrons. The normalized spacial score (nSPS) is 22.5. The number of benzene rings is 2. The third-order valence-electron chi connectivity index (χ3n) is 4.45. The Morgan fingerprint density at radius 1 is 1.08 bits per heavy atom. The van der Waals surface area contributed by atoms with E-state index in [0.29, 0.717) is 11.3 Å². The van der Waals surface area contributed by atoms with Crippen LogP contribution in [-0.2, 0) is 11.3 Å². The van der Waals surface area contributed by atoms with Crippen molar-refractivity contribution in [1.29, 1.82) is 0 Å². The minimum absolute atomic E-state index is 0.180. The van der Waals surface area contributed by atoms with E-state index < -0.39 is 17.9 Å². The first-order chi connectivity index (χ1) is 12.0. The molecule has 1 aliphatic rings. The van der Waals surface area contributed by atoms with Crippen molar-refractivity contribution in [2.75, 3.05) is 0 Å². The number of ether oxygens (including phenoxy) is 1. The molecule has 0 amide bonds. The van der Waals surface area contributed by atoms with Gasteiger partial charge in [-0.15, -0.1) is 0 Å². The molecule has 2 aromatic rings. The molecule has 1 nitrogen and oxygen atoms in total. The van der Waals surface area contributed by atoms with Gasteiger partial charge in [0.15, 0.2) is 6.10 Å². The number of hydrogen-bond donors (Lipinski definition) is 0. The van der Waals surface area contributed by atoms with Crippen LogP contribution in [0.25, 0.3) is 0 Å². The standard InChI is InChI=1S/C21H22F2OS/c1-15-8-11-18(12-9-15)25-19-13-10-16(2)21(22,23)20(19)24-14-17-6-4-3-5-7-17/h3-9,11-13,16,20H,10,14H2,1-2H3/t16-,20-/m1/s1. The number of allylic oxidation sites excluding steroid dienone is 1. The Morgan fingerprint density at radius 3 is 2.44 bits per heavy atom. The Labute approximate surface area is 152 Å². The Kier molecular flexibility index (Phi) is 5.60. The lowest BCUT2D eigenvalue weighted by atomic mass is 9.89. The molecule has 0 saturated carbocycles. The van der Waals surface area contributed by atoms with E-state index in [2.05, 4.69) is 0 Å². The molecule has 2 atom stereocenters. The summed E-state index contributed by atoms with van der Waals surface area (Å²) in [6.07, 6.45) is 1.07. The highest BCUT2D eigenvalue weighted by molar-refractivity contribution is 8.03. The summed E-state index contributed by atoms with van der Waals surface area (Å²) in [5, 5.41) is 0. The summed E-state index contributed by atoms with van der Waals surface area (Å²) in [5.41, 5.74) is 2.05. The first kappa shape index (κ1) is 18.2. The maximum absolute atomic E-state index is 14.8. The molecule has 0 aliphatic heterocycles. The Morgan fingerprint density at radius 2 is 1.76 bits per heavy atom. The van der Waals surface area contributed by atoms with Gasteiger partial charge in [-0.3, -0.25) is 0 Å². The molecule has 0 heterocycles. The van der Waals surface area contributed by atoms with E-state index in [1.54, 1.807) is 6.92 Å². The lowest BCUT2D eigenvalue weighted by Gasteiger charge is -2.36. The number of thioether (sulfide) groups is 1. The second-order valence-electron chi connectivity index (χ2n) is 6.51. The van der Waals surface area contributed by atoms with Gasteiger partial charge in [0.25, 0.3) is 5.92 Å². The minimum atomic E-state index is -2.88. The maximum Gasteiger partial charge on any atom is 0.281 e. The predicted molar refractivity (Wildman–Crippen MR) is 98.9 cm³/mol. The first-order valence-electron chi connectivity index (χ1n) is 8.44. The third-order valence-corrected chi connectivity index (χ3v) is 5.58. The maximum atomic E-state index is 14.8. The highest BCUT2D eigenvalue weighted by atomic mass is 32.2. The average Bonchev–Trinajstić information content (AvgIpc) is 2.60. The number of rotatable bonds is 5.